The van der Waals surface area contributed by atoms with Gasteiger partial charge in [0.25, 0.3) is 0 Å². The van der Waals surface area contributed by atoms with Gasteiger partial charge in [-0.3, -0.25) is 0 Å². The summed E-state index contributed by atoms with van der Waals surface area (Å²) in [6, 6.07) is 16.0. The zero-order valence-corrected chi connectivity index (χ0v) is 20.7. The van der Waals surface area contributed by atoms with Crippen LogP contribution in [0.4, 0.5) is 24.0 Å². The van der Waals surface area contributed by atoms with Gasteiger partial charge in [0.15, 0.2) is 5.13 Å². The van der Waals surface area contributed by atoms with Gasteiger partial charge in [-0.05, 0) is 65.9 Å². The molecule has 0 bridgehead atoms. The topological polar surface area (TPSA) is 43.4 Å². The van der Waals surface area contributed by atoms with Gasteiger partial charge in [-0.2, -0.15) is 13.2 Å². The second-order valence-electron chi connectivity index (χ2n) is 9.11. The van der Waals surface area contributed by atoms with Crippen LogP contribution in [0.15, 0.2) is 60.0 Å². The van der Waals surface area contributed by atoms with Crippen molar-refractivity contribution in [2.75, 3.05) is 19.0 Å². The number of rotatable bonds is 7. The molecule has 1 aromatic heterocycles. The lowest BCUT2D eigenvalue weighted by Crippen LogP contribution is -2.17. The minimum atomic E-state index is -4.51. The smallest absolute Gasteiger partial charge is 0.420 e. The number of anilines is 2. The Kier molecular flexibility index (Phi) is 7.05. The average Bonchev–Trinajstić information content (AvgIpc) is 3.35. The third kappa shape index (κ3) is 5.59. The number of benzene rings is 3. The van der Waals surface area contributed by atoms with E-state index in [-0.39, 0.29) is 5.75 Å². The molecule has 1 aliphatic rings. The molecular formula is C28H27F3N2O2S. The lowest BCUT2D eigenvalue weighted by atomic mass is 9.90. The number of hydrogen-bond donors (Lipinski definition) is 1. The van der Waals surface area contributed by atoms with Gasteiger partial charge in [0, 0.05) is 16.6 Å². The molecule has 1 heterocycles. The number of hydrogen-bond acceptors (Lipinski definition) is 5. The van der Waals surface area contributed by atoms with Crippen molar-refractivity contribution in [2.45, 2.75) is 38.3 Å². The molecule has 1 aliphatic carbocycles. The van der Waals surface area contributed by atoms with Crippen molar-refractivity contribution in [1.29, 1.82) is 0 Å². The van der Waals surface area contributed by atoms with Crippen molar-refractivity contribution < 1.29 is 22.6 Å². The van der Waals surface area contributed by atoms with Crippen molar-refractivity contribution in [1.82, 2.24) is 4.98 Å². The number of fused-ring (bicyclic) bond motifs is 1. The standard InChI is InChI=1S/C28H27F3N2O2S/c1-34-23-11-9-19-13-21(8-7-20(19)14-23)25-17-36-27(33-25)32-22-10-12-26(24(15-22)28(29,30)31)35-16-18-5-3-2-4-6-18/h7-15,17-18H,2-6,16H2,1H3,(H,32,33). The zero-order chi connectivity index (χ0) is 25.1. The summed E-state index contributed by atoms with van der Waals surface area (Å²) in [6.07, 6.45) is 0.942. The largest absolute Gasteiger partial charge is 0.497 e. The van der Waals surface area contributed by atoms with E-state index >= 15 is 0 Å². The molecule has 1 saturated carbocycles. The van der Waals surface area contributed by atoms with Gasteiger partial charge in [-0.15, -0.1) is 11.3 Å². The fourth-order valence-corrected chi connectivity index (χ4v) is 5.35. The third-order valence-electron chi connectivity index (χ3n) is 6.58. The van der Waals surface area contributed by atoms with Crippen molar-refractivity contribution in [2.24, 2.45) is 5.92 Å². The van der Waals surface area contributed by atoms with E-state index in [0.717, 1.165) is 59.5 Å². The second-order valence-corrected chi connectivity index (χ2v) is 9.97. The van der Waals surface area contributed by atoms with Crippen molar-refractivity contribution in [3.63, 3.8) is 0 Å². The summed E-state index contributed by atoms with van der Waals surface area (Å²) in [6.45, 7) is 0.324. The van der Waals surface area contributed by atoms with Crippen LogP contribution >= 0.6 is 11.3 Å². The lowest BCUT2D eigenvalue weighted by Gasteiger charge is -2.23. The second kappa shape index (κ2) is 10.4. The number of ether oxygens (including phenoxy) is 2. The first-order valence-corrected chi connectivity index (χ1v) is 12.9. The van der Waals surface area contributed by atoms with E-state index in [1.807, 2.05) is 41.8 Å². The molecule has 188 valence electrons. The highest BCUT2D eigenvalue weighted by Crippen LogP contribution is 2.39. The molecule has 0 amide bonds. The molecular weight excluding hydrogens is 485 g/mol. The molecule has 4 nitrogen and oxygen atoms in total. The van der Waals surface area contributed by atoms with E-state index in [9.17, 15) is 13.2 Å². The number of methoxy groups -OCH3 is 1. The number of aromatic nitrogens is 1. The van der Waals surface area contributed by atoms with Gasteiger partial charge in [0.05, 0.1) is 25.0 Å². The van der Waals surface area contributed by atoms with Crippen LogP contribution in [0.3, 0.4) is 0 Å². The monoisotopic (exact) mass is 512 g/mol. The highest BCUT2D eigenvalue weighted by molar-refractivity contribution is 7.14. The normalized spacial score (nSPS) is 14.7. The van der Waals surface area contributed by atoms with Crippen molar-refractivity contribution in [3.8, 4) is 22.8 Å². The summed E-state index contributed by atoms with van der Waals surface area (Å²) < 4.78 is 52.3. The molecule has 5 rings (SSSR count). The maximum absolute atomic E-state index is 13.8. The van der Waals surface area contributed by atoms with Gasteiger partial charge in [0.2, 0.25) is 0 Å². The van der Waals surface area contributed by atoms with E-state index in [2.05, 4.69) is 10.3 Å². The molecule has 8 heteroatoms. The summed E-state index contributed by atoms with van der Waals surface area (Å²) in [5, 5.41) is 7.54. The minimum absolute atomic E-state index is 0.119. The van der Waals surface area contributed by atoms with Crippen LogP contribution in [0.25, 0.3) is 22.0 Å². The Hall–Kier alpha value is -3.26. The highest BCUT2D eigenvalue weighted by atomic mass is 32.1. The molecule has 0 atom stereocenters. The van der Waals surface area contributed by atoms with Crippen LogP contribution in [0.2, 0.25) is 0 Å². The van der Waals surface area contributed by atoms with Crippen molar-refractivity contribution >= 4 is 32.9 Å². The summed E-state index contributed by atoms with van der Waals surface area (Å²) in [7, 11) is 1.63. The zero-order valence-electron chi connectivity index (χ0n) is 19.9. The number of halogens is 3. The molecule has 0 spiro atoms. The Morgan fingerprint density at radius 1 is 0.972 bits per heavy atom. The molecule has 0 aliphatic heterocycles. The summed E-state index contributed by atoms with van der Waals surface area (Å²) in [5.74, 6) is 0.994. The molecule has 0 unspecified atom stereocenters. The van der Waals surface area contributed by atoms with Crippen LogP contribution < -0.4 is 14.8 Å². The molecule has 36 heavy (non-hydrogen) atoms. The third-order valence-corrected chi connectivity index (χ3v) is 7.34. The average molecular weight is 513 g/mol. The summed E-state index contributed by atoms with van der Waals surface area (Å²) in [4.78, 5) is 4.60. The lowest BCUT2D eigenvalue weighted by molar-refractivity contribution is -0.139. The SMILES string of the molecule is COc1ccc2cc(-c3csc(Nc4ccc(OCC5CCCCC5)c(C(F)(F)F)c4)n3)ccc2c1. The van der Waals surface area contributed by atoms with Gasteiger partial charge in [0.1, 0.15) is 11.5 Å². The molecule has 3 aromatic carbocycles. The molecule has 4 aromatic rings. The van der Waals surface area contributed by atoms with E-state index in [1.165, 1.54) is 23.8 Å². The first-order chi connectivity index (χ1) is 17.4. The van der Waals surface area contributed by atoms with E-state index in [4.69, 9.17) is 9.47 Å². The minimum Gasteiger partial charge on any atom is -0.497 e. The number of alkyl halides is 3. The van der Waals surface area contributed by atoms with Crippen LogP contribution in [-0.4, -0.2) is 18.7 Å². The van der Waals surface area contributed by atoms with Crippen LogP contribution in [0.5, 0.6) is 11.5 Å². The number of thiazole rings is 1. The molecule has 0 saturated heterocycles. The first kappa shape index (κ1) is 24.4. The van der Waals surface area contributed by atoms with E-state index in [0.29, 0.717) is 23.3 Å². The fraction of sp³-hybridized carbons (Fsp3) is 0.321. The van der Waals surface area contributed by atoms with Gasteiger partial charge >= 0.3 is 6.18 Å². The van der Waals surface area contributed by atoms with Crippen molar-refractivity contribution in [3.05, 3.63) is 65.5 Å². The summed E-state index contributed by atoms with van der Waals surface area (Å²) >= 11 is 1.34. The maximum Gasteiger partial charge on any atom is 0.420 e. The Bertz CT molecular complexity index is 1350. The summed E-state index contributed by atoms with van der Waals surface area (Å²) in [5.41, 5.74) is 1.23. The van der Waals surface area contributed by atoms with Gasteiger partial charge < -0.3 is 14.8 Å². The number of nitrogens with one attached hydrogen (secondary N) is 1. The molecule has 1 N–H and O–H groups in total. The molecule has 0 radical (unpaired) electrons. The van der Waals surface area contributed by atoms with Crippen LogP contribution in [0.1, 0.15) is 37.7 Å². The Morgan fingerprint density at radius 2 is 1.75 bits per heavy atom. The van der Waals surface area contributed by atoms with E-state index in [1.54, 1.807) is 13.2 Å². The van der Waals surface area contributed by atoms with Gasteiger partial charge in [-0.1, -0.05) is 37.5 Å². The highest BCUT2D eigenvalue weighted by Gasteiger charge is 2.35. The predicted molar refractivity (Wildman–Crippen MR) is 138 cm³/mol. The Balaban J connectivity index is 1.32. The van der Waals surface area contributed by atoms with E-state index < -0.39 is 11.7 Å². The van der Waals surface area contributed by atoms with Crippen LogP contribution in [0, 0.1) is 5.92 Å². The molecule has 1 fully saturated rings. The first-order valence-electron chi connectivity index (χ1n) is 12.0. The predicted octanol–water partition coefficient (Wildman–Crippen LogP) is 8.69. The van der Waals surface area contributed by atoms with Gasteiger partial charge in [-0.25, -0.2) is 4.98 Å². The number of nitrogens with zero attached hydrogens (tertiary/aromatic N) is 1. The maximum atomic E-state index is 13.8. The quantitative estimate of drug-likeness (QED) is 0.269. The fourth-order valence-electron chi connectivity index (χ4n) is 4.61. The Labute approximate surface area is 212 Å². The Morgan fingerprint density at radius 3 is 2.53 bits per heavy atom. The van der Waals surface area contributed by atoms with Crippen LogP contribution in [-0.2, 0) is 6.18 Å².